The molecule has 2 unspecified atom stereocenters. The van der Waals surface area contributed by atoms with Gasteiger partial charge in [-0.15, -0.1) is 0 Å². The van der Waals surface area contributed by atoms with Crippen molar-refractivity contribution < 1.29 is 24.2 Å². The summed E-state index contributed by atoms with van der Waals surface area (Å²) in [6.07, 6.45) is -1.98. The molecule has 0 radical (unpaired) electrons. The molecular formula is C16H15N3O5. The standard InChI is InChI=1S/C16H15N3O5/c1-8(20)13-10-11(16(22)24-13)19-14(17)12(18-10)15(21)23-7-9-5-3-2-4-6-9/h2-6,8,13,20H,7H2,1H3,(H2,17,19). The molecular weight excluding hydrogens is 314 g/mol. The third-order valence-corrected chi connectivity index (χ3v) is 3.49. The number of esters is 2. The zero-order valence-electron chi connectivity index (χ0n) is 12.8. The summed E-state index contributed by atoms with van der Waals surface area (Å²) in [6.45, 7) is 1.49. The lowest BCUT2D eigenvalue weighted by atomic mass is 10.1. The van der Waals surface area contributed by atoms with E-state index in [4.69, 9.17) is 15.2 Å². The van der Waals surface area contributed by atoms with E-state index in [1.807, 2.05) is 18.2 Å². The highest BCUT2D eigenvalue weighted by molar-refractivity contribution is 5.96. The smallest absolute Gasteiger partial charge is 0.361 e. The van der Waals surface area contributed by atoms with E-state index in [-0.39, 0.29) is 29.5 Å². The molecule has 0 aliphatic carbocycles. The molecule has 2 aromatic rings. The SMILES string of the molecule is CC(O)C1OC(=O)c2nc(N)c(C(=O)OCc3ccccc3)nc21. The summed E-state index contributed by atoms with van der Waals surface area (Å²) in [5.41, 5.74) is 6.27. The van der Waals surface area contributed by atoms with Gasteiger partial charge in [-0.05, 0) is 12.5 Å². The molecule has 24 heavy (non-hydrogen) atoms. The Kier molecular flexibility index (Phi) is 4.13. The minimum atomic E-state index is -0.999. The summed E-state index contributed by atoms with van der Waals surface area (Å²) < 4.78 is 10.2. The van der Waals surface area contributed by atoms with Crippen LogP contribution in [0.4, 0.5) is 5.82 Å². The highest BCUT2D eigenvalue weighted by Crippen LogP contribution is 2.31. The fourth-order valence-corrected chi connectivity index (χ4v) is 2.31. The predicted octanol–water partition coefficient (Wildman–Crippen LogP) is 1.01. The Bertz CT molecular complexity index is 792. The van der Waals surface area contributed by atoms with Crippen LogP contribution in [0, 0.1) is 0 Å². The van der Waals surface area contributed by atoms with Gasteiger partial charge in [-0.2, -0.15) is 0 Å². The van der Waals surface area contributed by atoms with Crippen LogP contribution in [-0.4, -0.2) is 33.1 Å². The van der Waals surface area contributed by atoms with Gasteiger partial charge in [-0.25, -0.2) is 19.6 Å². The summed E-state index contributed by atoms with van der Waals surface area (Å²) >= 11 is 0. The topological polar surface area (TPSA) is 125 Å². The number of anilines is 1. The molecule has 3 rings (SSSR count). The number of cyclic esters (lactones) is 1. The number of hydrogen-bond donors (Lipinski definition) is 2. The average Bonchev–Trinajstić information content (AvgIpc) is 2.89. The van der Waals surface area contributed by atoms with Gasteiger partial charge in [0.05, 0.1) is 6.10 Å². The van der Waals surface area contributed by atoms with Crippen LogP contribution in [0.2, 0.25) is 0 Å². The molecule has 8 nitrogen and oxygen atoms in total. The first-order chi connectivity index (χ1) is 11.5. The Balaban J connectivity index is 1.85. The maximum absolute atomic E-state index is 12.2. The number of nitrogens with two attached hydrogens (primary N) is 1. The molecule has 2 atom stereocenters. The first kappa shape index (κ1) is 15.9. The number of rotatable bonds is 4. The Hall–Kier alpha value is -3.00. The molecule has 3 N–H and O–H groups in total. The fourth-order valence-electron chi connectivity index (χ4n) is 2.31. The predicted molar refractivity (Wildman–Crippen MR) is 81.8 cm³/mol. The lowest BCUT2D eigenvalue weighted by molar-refractivity contribution is -0.00408. The van der Waals surface area contributed by atoms with E-state index in [0.29, 0.717) is 0 Å². The summed E-state index contributed by atoms with van der Waals surface area (Å²) in [4.78, 5) is 31.8. The van der Waals surface area contributed by atoms with Crippen molar-refractivity contribution in [2.45, 2.75) is 25.7 Å². The molecule has 124 valence electrons. The van der Waals surface area contributed by atoms with Gasteiger partial charge < -0.3 is 20.3 Å². The first-order valence-corrected chi connectivity index (χ1v) is 7.25. The van der Waals surface area contributed by atoms with E-state index < -0.39 is 24.1 Å². The number of nitrogen functional groups attached to an aromatic ring is 1. The van der Waals surface area contributed by atoms with Crippen molar-refractivity contribution in [3.8, 4) is 0 Å². The molecule has 8 heteroatoms. The third-order valence-electron chi connectivity index (χ3n) is 3.49. The molecule has 1 aromatic carbocycles. The monoisotopic (exact) mass is 329 g/mol. The van der Waals surface area contributed by atoms with Crippen LogP contribution in [-0.2, 0) is 16.1 Å². The lowest BCUT2D eigenvalue weighted by Crippen LogP contribution is -2.18. The van der Waals surface area contributed by atoms with Gasteiger partial charge in [0, 0.05) is 0 Å². The summed E-state index contributed by atoms with van der Waals surface area (Å²) in [5.74, 6) is -1.73. The zero-order chi connectivity index (χ0) is 17.3. The van der Waals surface area contributed by atoms with Crippen LogP contribution in [0.15, 0.2) is 30.3 Å². The van der Waals surface area contributed by atoms with Crippen LogP contribution < -0.4 is 5.73 Å². The maximum Gasteiger partial charge on any atom is 0.361 e. The summed E-state index contributed by atoms with van der Waals surface area (Å²) in [5, 5.41) is 9.68. The van der Waals surface area contributed by atoms with Crippen LogP contribution in [0.25, 0.3) is 0 Å². The van der Waals surface area contributed by atoms with E-state index in [2.05, 4.69) is 9.97 Å². The van der Waals surface area contributed by atoms with E-state index in [1.165, 1.54) is 6.92 Å². The highest BCUT2D eigenvalue weighted by atomic mass is 16.6. The second kappa shape index (κ2) is 6.25. The van der Waals surface area contributed by atoms with Crippen LogP contribution in [0.5, 0.6) is 0 Å². The minimum Gasteiger partial charge on any atom is -0.456 e. The molecule has 0 spiro atoms. The van der Waals surface area contributed by atoms with Gasteiger partial charge in [-0.1, -0.05) is 30.3 Å². The third kappa shape index (κ3) is 2.91. The van der Waals surface area contributed by atoms with E-state index in [0.717, 1.165) is 5.56 Å². The van der Waals surface area contributed by atoms with E-state index in [1.54, 1.807) is 12.1 Å². The summed E-state index contributed by atoms with van der Waals surface area (Å²) in [6, 6.07) is 9.11. The highest BCUT2D eigenvalue weighted by Gasteiger charge is 2.39. The number of carbonyl (C=O) groups excluding carboxylic acids is 2. The normalized spacial score (nSPS) is 17.1. The molecule has 1 aliphatic rings. The van der Waals surface area contributed by atoms with Crippen molar-refractivity contribution in [2.24, 2.45) is 0 Å². The summed E-state index contributed by atoms with van der Waals surface area (Å²) in [7, 11) is 0. The van der Waals surface area contributed by atoms with Gasteiger partial charge in [0.25, 0.3) is 0 Å². The molecule has 0 saturated heterocycles. The van der Waals surface area contributed by atoms with Crippen molar-refractivity contribution in [3.63, 3.8) is 0 Å². The first-order valence-electron chi connectivity index (χ1n) is 7.25. The number of nitrogens with zero attached hydrogens (tertiary/aromatic N) is 2. The molecule has 0 fully saturated rings. The Morgan fingerprint density at radius 2 is 2.08 bits per heavy atom. The maximum atomic E-state index is 12.2. The Morgan fingerprint density at radius 3 is 2.75 bits per heavy atom. The van der Waals surface area contributed by atoms with Crippen molar-refractivity contribution in [1.29, 1.82) is 0 Å². The average molecular weight is 329 g/mol. The van der Waals surface area contributed by atoms with Crippen molar-refractivity contribution in [3.05, 3.63) is 53.0 Å². The number of carbonyl (C=O) groups is 2. The molecule has 2 heterocycles. The lowest BCUT2D eigenvalue weighted by Gasteiger charge is -2.13. The van der Waals surface area contributed by atoms with Gasteiger partial charge in [0.1, 0.15) is 12.3 Å². The molecule has 0 saturated carbocycles. The minimum absolute atomic E-state index is 0.0487. The number of hydrogen-bond acceptors (Lipinski definition) is 8. The number of ether oxygens (including phenoxy) is 2. The number of aliphatic hydroxyl groups is 1. The molecule has 1 aliphatic heterocycles. The number of aromatic nitrogens is 2. The quantitative estimate of drug-likeness (QED) is 0.796. The number of benzene rings is 1. The van der Waals surface area contributed by atoms with Crippen LogP contribution >= 0.6 is 0 Å². The molecule has 0 bridgehead atoms. The Labute approximate surface area is 137 Å². The molecule has 1 aromatic heterocycles. The van der Waals surface area contributed by atoms with Crippen molar-refractivity contribution >= 4 is 17.8 Å². The number of aliphatic hydroxyl groups excluding tert-OH is 1. The second-order valence-corrected chi connectivity index (χ2v) is 5.32. The molecule has 0 amide bonds. The van der Waals surface area contributed by atoms with Gasteiger partial charge in [-0.3, -0.25) is 0 Å². The van der Waals surface area contributed by atoms with Crippen molar-refractivity contribution in [1.82, 2.24) is 9.97 Å². The van der Waals surface area contributed by atoms with Gasteiger partial charge in [0.15, 0.2) is 23.3 Å². The largest absolute Gasteiger partial charge is 0.456 e. The second-order valence-electron chi connectivity index (χ2n) is 5.32. The van der Waals surface area contributed by atoms with E-state index in [9.17, 15) is 14.7 Å². The fraction of sp³-hybridized carbons (Fsp3) is 0.250. The van der Waals surface area contributed by atoms with Gasteiger partial charge >= 0.3 is 11.9 Å². The number of fused-ring (bicyclic) bond motifs is 1. The van der Waals surface area contributed by atoms with Crippen LogP contribution in [0.1, 0.15) is 45.3 Å². The Morgan fingerprint density at radius 1 is 1.38 bits per heavy atom. The zero-order valence-corrected chi connectivity index (χ0v) is 12.8. The van der Waals surface area contributed by atoms with E-state index >= 15 is 0 Å². The van der Waals surface area contributed by atoms with Crippen molar-refractivity contribution in [2.75, 3.05) is 5.73 Å². The van der Waals surface area contributed by atoms with Crippen LogP contribution in [0.3, 0.4) is 0 Å². The van der Waals surface area contributed by atoms with Gasteiger partial charge in [0.2, 0.25) is 0 Å².